The highest BCUT2D eigenvalue weighted by atomic mass is 79.9. The molecule has 0 amide bonds. The second-order valence-corrected chi connectivity index (χ2v) is 5.65. The molecule has 2 nitrogen and oxygen atoms in total. The molecular formula is C11H13Br2NO. The van der Waals surface area contributed by atoms with Crippen LogP contribution in [-0.2, 0) is 6.54 Å². The van der Waals surface area contributed by atoms with Crippen molar-refractivity contribution in [2.45, 2.75) is 19.4 Å². The zero-order chi connectivity index (χ0) is 10.8. The van der Waals surface area contributed by atoms with Gasteiger partial charge in [-0.1, -0.05) is 15.9 Å². The van der Waals surface area contributed by atoms with Crippen LogP contribution in [0, 0.1) is 0 Å². The van der Waals surface area contributed by atoms with Crippen molar-refractivity contribution in [2.75, 3.05) is 13.1 Å². The average Bonchev–Trinajstić information content (AvgIpc) is 2.66. The summed E-state index contributed by atoms with van der Waals surface area (Å²) in [4.78, 5) is 2.37. The molecule has 0 spiro atoms. The lowest BCUT2D eigenvalue weighted by Crippen LogP contribution is -2.18. The molecule has 0 aromatic heterocycles. The van der Waals surface area contributed by atoms with Crippen LogP contribution in [0.3, 0.4) is 0 Å². The number of halogens is 2. The van der Waals surface area contributed by atoms with E-state index in [0.29, 0.717) is 5.75 Å². The van der Waals surface area contributed by atoms with Crippen LogP contribution in [0.2, 0.25) is 0 Å². The van der Waals surface area contributed by atoms with Crippen molar-refractivity contribution in [2.24, 2.45) is 0 Å². The van der Waals surface area contributed by atoms with E-state index in [-0.39, 0.29) is 0 Å². The molecule has 0 radical (unpaired) electrons. The molecule has 1 aliphatic rings. The van der Waals surface area contributed by atoms with Crippen molar-refractivity contribution >= 4 is 31.9 Å². The number of benzene rings is 1. The van der Waals surface area contributed by atoms with E-state index >= 15 is 0 Å². The van der Waals surface area contributed by atoms with Gasteiger partial charge in [0.05, 0.1) is 4.47 Å². The summed E-state index contributed by atoms with van der Waals surface area (Å²) in [5.74, 6) is 0.366. The van der Waals surface area contributed by atoms with Gasteiger partial charge in [-0.3, -0.25) is 4.90 Å². The Morgan fingerprint density at radius 3 is 2.53 bits per heavy atom. The van der Waals surface area contributed by atoms with Gasteiger partial charge in [-0.15, -0.1) is 0 Å². The first-order valence-electron chi connectivity index (χ1n) is 5.06. The van der Waals surface area contributed by atoms with Crippen molar-refractivity contribution in [3.63, 3.8) is 0 Å². The molecule has 4 heteroatoms. The number of aromatic hydroxyl groups is 1. The number of rotatable bonds is 2. The van der Waals surface area contributed by atoms with Crippen LogP contribution in [0.5, 0.6) is 5.75 Å². The molecule has 1 N–H and O–H groups in total. The van der Waals surface area contributed by atoms with Crippen LogP contribution in [0.25, 0.3) is 0 Å². The lowest BCUT2D eigenvalue weighted by molar-refractivity contribution is 0.323. The van der Waals surface area contributed by atoms with Gasteiger partial charge in [0.15, 0.2) is 0 Å². The SMILES string of the molecule is Oc1c(Br)cc(Br)cc1CN1CCCC1. The van der Waals surface area contributed by atoms with Crippen LogP contribution in [0.4, 0.5) is 0 Å². The Morgan fingerprint density at radius 1 is 1.20 bits per heavy atom. The number of hydrogen-bond acceptors (Lipinski definition) is 2. The molecule has 82 valence electrons. The van der Waals surface area contributed by atoms with Crippen molar-refractivity contribution in [3.05, 3.63) is 26.6 Å². The fourth-order valence-electron chi connectivity index (χ4n) is 1.92. The predicted octanol–water partition coefficient (Wildman–Crippen LogP) is 3.51. The van der Waals surface area contributed by atoms with Crippen molar-refractivity contribution in [1.29, 1.82) is 0 Å². The number of likely N-dealkylation sites (tertiary alicyclic amines) is 1. The molecule has 1 fully saturated rings. The van der Waals surface area contributed by atoms with Gasteiger partial charge in [0.2, 0.25) is 0 Å². The standard InChI is InChI=1S/C11H13Br2NO/c12-9-5-8(11(15)10(13)6-9)7-14-3-1-2-4-14/h5-6,15H,1-4,7H2. The van der Waals surface area contributed by atoms with Gasteiger partial charge in [0.1, 0.15) is 5.75 Å². The van der Waals surface area contributed by atoms with Gasteiger partial charge in [-0.2, -0.15) is 0 Å². The maximum atomic E-state index is 9.89. The molecule has 1 saturated heterocycles. The van der Waals surface area contributed by atoms with Gasteiger partial charge in [-0.05, 0) is 54.0 Å². The summed E-state index contributed by atoms with van der Waals surface area (Å²) in [6, 6.07) is 3.85. The second-order valence-electron chi connectivity index (χ2n) is 3.88. The first kappa shape index (κ1) is 11.4. The molecule has 0 aliphatic carbocycles. The van der Waals surface area contributed by atoms with Crippen LogP contribution in [0.15, 0.2) is 21.1 Å². The number of nitrogens with zero attached hydrogens (tertiary/aromatic N) is 1. The summed E-state index contributed by atoms with van der Waals surface area (Å²) in [5.41, 5.74) is 0.984. The van der Waals surface area contributed by atoms with Crippen molar-refractivity contribution < 1.29 is 5.11 Å². The molecule has 1 aromatic carbocycles. The Labute approximate surface area is 107 Å². The van der Waals surface area contributed by atoms with Crippen LogP contribution < -0.4 is 0 Å². The largest absolute Gasteiger partial charge is 0.506 e. The summed E-state index contributed by atoms with van der Waals surface area (Å²) < 4.78 is 1.76. The molecule has 0 saturated carbocycles. The van der Waals surface area contributed by atoms with Gasteiger partial charge < -0.3 is 5.11 Å². The summed E-state index contributed by atoms with van der Waals surface area (Å²) in [6.45, 7) is 3.12. The summed E-state index contributed by atoms with van der Waals surface area (Å²) >= 11 is 6.78. The van der Waals surface area contributed by atoms with Crippen molar-refractivity contribution in [1.82, 2.24) is 4.90 Å². The second kappa shape index (κ2) is 4.85. The summed E-state index contributed by atoms with van der Waals surface area (Å²) in [5, 5.41) is 9.89. The lowest BCUT2D eigenvalue weighted by Gasteiger charge is -2.16. The van der Waals surface area contributed by atoms with Crippen LogP contribution in [0.1, 0.15) is 18.4 Å². The van der Waals surface area contributed by atoms with E-state index < -0.39 is 0 Å². The molecule has 0 bridgehead atoms. The monoisotopic (exact) mass is 333 g/mol. The zero-order valence-corrected chi connectivity index (χ0v) is 11.5. The van der Waals surface area contributed by atoms with Crippen LogP contribution >= 0.6 is 31.9 Å². The van der Waals surface area contributed by atoms with Gasteiger partial charge in [0.25, 0.3) is 0 Å². The summed E-state index contributed by atoms with van der Waals surface area (Å²) in [6.07, 6.45) is 2.55. The average molecular weight is 335 g/mol. The fourth-order valence-corrected chi connectivity index (χ4v) is 3.24. The zero-order valence-electron chi connectivity index (χ0n) is 8.34. The van der Waals surface area contributed by atoms with E-state index in [2.05, 4.69) is 36.8 Å². The summed E-state index contributed by atoms with van der Waals surface area (Å²) in [7, 11) is 0. The Balaban J connectivity index is 2.19. The Hall–Kier alpha value is -0.0600. The predicted molar refractivity (Wildman–Crippen MR) is 68.0 cm³/mol. The smallest absolute Gasteiger partial charge is 0.134 e. The maximum Gasteiger partial charge on any atom is 0.134 e. The number of phenols is 1. The molecule has 1 heterocycles. The van der Waals surface area contributed by atoms with Crippen molar-refractivity contribution in [3.8, 4) is 5.75 Å². The highest BCUT2D eigenvalue weighted by Gasteiger charge is 2.15. The number of hydrogen-bond donors (Lipinski definition) is 1. The van der Waals surface area contributed by atoms with Gasteiger partial charge >= 0.3 is 0 Å². The normalized spacial score (nSPS) is 17.2. The minimum absolute atomic E-state index is 0.366. The van der Waals surface area contributed by atoms with Gasteiger partial charge in [-0.25, -0.2) is 0 Å². The van der Waals surface area contributed by atoms with E-state index in [1.165, 1.54) is 12.8 Å². The maximum absolute atomic E-state index is 9.89. The minimum Gasteiger partial charge on any atom is -0.506 e. The molecule has 2 rings (SSSR count). The Bertz CT molecular complexity index is 362. The highest BCUT2D eigenvalue weighted by molar-refractivity contribution is 9.11. The third kappa shape index (κ3) is 2.74. The van der Waals surface area contributed by atoms with E-state index in [0.717, 1.165) is 34.1 Å². The third-order valence-corrected chi connectivity index (χ3v) is 3.76. The molecule has 15 heavy (non-hydrogen) atoms. The van der Waals surface area contributed by atoms with E-state index in [4.69, 9.17) is 0 Å². The third-order valence-electron chi connectivity index (χ3n) is 2.70. The van der Waals surface area contributed by atoms with E-state index in [1.54, 1.807) is 0 Å². The highest BCUT2D eigenvalue weighted by Crippen LogP contribution is 2.32. The molecule has 1 aromatic rings. The Kier molecular flexibility index (Phi) is 3.69. The molecule has 0 unspecified atom stereocenters. The number of phenolic OH excluding ortho intramolecular Hbond substituents is 1. The fraction of sp³-hybridized carbons (Fsp3) is 0.455. The van der Waals surface area contributed by atoms with E-state index in [1.807, 2.05) is 12.1 Å². The topological polar surface area (TPSA) is 23.5 Å². The molecule has 0 atom stereocenters. The van der Waals surface area contributed by atoms with Gasteiger partial charge in [0, 0.05) is 16.6 Å². The minimum atomic E-state index is 0.366. The molecular weight excluding hydrogens is 322 g/mol. The van der Waals surface area contributed by atoms with Crippen LogP contribution in [-0.4, -0.2) is 23.1 Å². The Morgan fingerprint density at radius 2 is 1.87 bits per heavy atom. The quantitative estimate of drug-likeness (QED) is 0.894. The van der Waals surface area contributed by atoms with E-state index in [9.17, 15) is 5.11 Å². The molecule has 1 aliphatic heterocycles. The first-order valence-corrected chi connectivity index (χ1v) is 6.64. The lowest BCUT2D eigenvalue weighted by atomic mass is 10.2. The first-order chi connectivity index (χ1) is 7.16.